The lowest BCUT2D eigenvalue weighted by Crippen LogP contribution is -2.45. The molecule has 5 rings (SSSR count). The van der Waals surface area contributed by atoms with E-state index in [4.69, 9.17) is 0 Å². The van der Waals surface area contributed by atoms with E-state index in [1.807, 2.05) is 29.1 Å². The number of para-hydroxylation sites is 2. The number of imide groups is 1. The van der Waals surface area contributed by atoms with Crippen LogP contribution in [0.5, 0.6) is 0 Å². The third kappa shape index (κ3) is 2.91. The molecule has 2 amide bonds. The first-order chi connectivity index (χ1) is 14.1. The Hall–Kier alpha value is -3.73. The lowest BCUT2D eigenvalue weighted by atomic mass is 10.1. The molecule has 1 aliphatic heterocycles. The largest absolute Gasteiger partial charge is 0.268 e. The minimum Gasteiger partial charge on any atom is -0.268 e. The molecule has 0 bridgehead atoms. The van der Waals surface area contributed by atoms with Crippen LogP contribution in [-0.4, -0.2) is 21.3 Å². The zero-order valence-electron chi connectivity index (χ0n) is 16.1. The van der Waals surface area contributed by atoms with Gasteiger partial charge in [0.1, 0.15) is 6.54 Å². The van der Waals surface area contributed by atoms with E-state index in [1.165, 1.54) is 16.0 Å². The highest BCUT2D eigenvalue weighted by Gasteiger charge is 2.36. The van der Waals surface area contributed by atoms with Crippen LogP contribution in [0, 0.1) is 6.92 Å². The number of aryl methyl sites for hydroxylation is 1. The van der Waals surface area contributed by atoms with Crippen molar-refractivity contribution in [3.05, 3.63) is 101 Å². The maximum atomic E-state index is 12.8. The molecule has 0 radical (unpaired) electrons. The van der Waals surface area contributed by atoms with E-state index in [0.717, 1.165) is 17.6 Å². The van der Waals surface area contributed by atoms with Crippen LogP contribution >= 0.6 is 0 Å². The van der Waals surface area contributed by atoms with E-state index >= 15 is 0 Å². The minimum atomic E-state index is -0.242. The summed E-state index contributed by atoms with van der Waals surface area (Å²) in [5.74, 6) is -0.484. The van der Waals surface area contributed by atoms with Gasteiger partial charge in [-0.2, -0.15) is 0 Å². The van der Waals surface area contributed by atoms with Crippen molar-refractivity contribution < 1.29 is 14.2 Å². The van der Waals surface area contributed by atoms with E-state index in [-0.39, 0.29) is 18.5 Å². The maximum absolute atomic E-state index is 12.8. The fraction of sp³-hybridized carbons (Fsp3) is 0.125. The molecule has 142 valence electrons. The van der Waals surface area contributed by atoms with Gasteiger partial charge in [0.05, 0.1) is 11.1 Å². The standard InChI is InChI=1S/C24H20N3O2/c1-17-10-12-18(13-11-17)14-25-15-26(22-9-5-4-8-21(22)25)16-27-23(28)19-6-2-3-7-20(19)24(27)29/h2-13,15H,14,16H2,1H3/q+1. The number of amides is 2. The third-order valence-corrected chi connectivity index (χ3v) is 5.42. The van der Waals surface area contributed by atoms with Gasteiger partial charge in [-0.15, -0.1) is 0 Å². The predicted octanol–water partition coefficient (Wildman–Crippen LogP) is 3.54. The molecule has 0 fully saturated rings. The van der Waals surface area contributed by atoms with Crippen molar-refractivity contribution in [2.24, 2.45) is 0 Å². The Balaban J connectivity index is 1.51. The van der Waals surface area contributed by atoms with Crippen molar-refractivity contribution in [1.82, 2.24) is 9.47 Å². The highest BCUT2D eigenvalue weighted by Crippen LogP contribution is 2.23. The Morgan fingerprint density at radius 3 is 2.10 bits per heavy atom. The summed E-state index contributed by atoms with van der Waals surface area (Å²) in [6.45, 7) is 2.98. The average molecular weight is 382 g/mol. The quantitative estimate of drug-likeness (QED) is 0.400. The number of fused-ring (bicyclic) bond motifs is 2. The lowest BCUT2D eigenvalue weighted by Gasteiger charge is -2.11. The summed E-state index contributed by atoms with van der Waals surface area (Å²) in [5, 5.41) is 0. The molecule has 4 aromatic rings. The fourth-order valence-electron chi connectivity index (χ4n) is 3.89. The lowest BCUT2D eigenvalue weighted by molar-refractivity contribution is -0.685. The van der Waals surface area contributed by atoms with Crippen molar-refractivity contribution in [3.63, 3.8) is 0 Å². The highest BCUT2D eigenvalue weighted by atomic mass is 16.2. The summed E-state index contributed by atoms with van der Waals surface area (Å²) in [5.41, 5.74) is 5.42. The molecular formula is C24H20N3O2+. The molecular weight excluding hydrogens is 362 g/mol. The van der Waals surface area contributed by atoms with E-state index in [0.29, 0.717) is 11.1 Å². The number of rotatable bonds is 4. The number of carbonyl (C=O) groups excluding carboxylic acids is 2. The van der Waals surface area contributed by atoms with Gasteiger partial charge in [-0.1, -0.05) is 54.1 Å². The number of nitrogens with zero attached hydrogens (tertiary/aromatic N) is 3. The second-order valence-corrected chi connectivity index (χ2v) is 7.41. The van der Waals surface area contributed by atoms with Gasteiger partial charge < -0.3 is 0 Å². The molecule has 0 spiro atoms. The summed E-state index contributed by atoms with van der Waals surface area (Å²) >= 11 is 0. The van der Waals surface area contributed by atoms with Crippen LogP contribution in [0.15, 0.2) is 79.1 Å². The monoisotopic (exact) mass is 382 g/mol. The van der Waals surface area contributed by atoms with Gasteiger partial charge in [-0.25, -0.2) is 14.0 Å². The molecule has 29 heavy (non-hydrogen) atoms. The van der Waals surface area contributed by atoms with Crippen LogP contribution in [0.1, 0.15) is 31.8 Å². The number of carbonyl (C=O) groups is 2. The van der Waals surface area contributed by atoms with Crippen LogP contribution in [0.3, 0.4) is 0 Å². The number of aromatic nitrogens is 2. The van der Waals surface area contributed by atoms with Crippen LogP contribution in [0.25, 0.3) is 11.0 Å². The van der Waals surface area contributed by atoms with Crippen LogP contribution < -0.4 is 4.57 Å². The smallest absolute Gasteiger partial charge is 0.264 e. The minimum absolute atomic E-state index is 0.188. The van der Waals surface area contributed by atoms with Crippen molar-refractivity contribution in [3.8, 4) is 0 Å². The first kappa shape index (κ1) is 17.4. The predicted molar refractivity (Wildman–Crippen MR) is 109 cm³/mol. The van der Waals surface area contributed by atoms with Gasteiger partial charge in [0.15, 0.2) is 17.7 Å². The van der Waals surface area contributed by atoms with Gasteiger partial charge in [-0.05, 0) is 36.8 Å². The SMILES string of the molecule is Cc1ccc(Cn2c[n+](CN3C(=O)c4ccccc4C3=O)c3ccccc32)cc1. The molecule has 0 N–H and O–H groups in total. The molecule has 2 heterocycles. The highest BCUT2D eigenvalue weighted by molar-refractivity contribution is 6.21. The average Bonchev–Trinajstić information content (AvgIpc) is 3.21. The van der Waals surface area contributed by atoms with Gasteiger partial charge in [0, 0.05) is 0 Å². The Kier molecular flexibility index (Phi) is 4.02. The Morgan fingerprint density at radius 1 is 0.793 bits per heavy atom. The van der Waals surface area contributed by atoms with Crippen molar-refractivity contribution in [2.45, 2.75) is 20.1 Å². The zero-order valence-corrected chi connectivity index (χ0v) is 16.1. The number of hydrogen-bond donors (Lipinski definition) is 0. The molecule has 0 unspecified atom stereocenters. The molecule has 3 aromatic carbocycles. The summed E-state index contributed by atoms with van der Waals surface area (Å²) in [7, 11) is 0. The summed E-state index contributed by atoms with van der Waals surface area (Å²) in [6, 6.07) is 23.5. The van der Waals surface area contributed by atoms with Crippen molar-refractivity contribution >= 4 is 22.8 Å². The number of benzene rings is 3. The van der Waals surface area contributed by atoms with E-state index in [9.17, 15) is 9.59 Å². The topological polar surface area (TPSA) is 46.2 Å². The Bertz CT molecular complexity index is 1220. The second-order valence-electron chi connectivity index (χ2n) is 7.41. The molecule has 1 aromatic heterocycles. The van der Waals surface area contributed by atoms with Gasteiger partial charge in [0.25, 0.3) is 11.8 Å². The molecule has 0 saturated carbocycles. The summed E-state index contributed by atoms with van der Waals surface area (Å²) in [4.78, 5) is 26.8. The second kappa shape index (κ2) is 6.71. The molecule has 0 saturated heterocycles. The summed E-state index contributed by atoms with van der Waals surface area (Å²) < 4.78 is 4.11. The molecule has 1 aliphatic rings. The Labute approximate surface area is 168 Å². The molecule has 0 aliphatic carbocycles. The van der Waals surface area contributed by atoms with Gasteiger partial charge in [0.2, 0.25) is 6.33 Å². The van der Waals surface area contributed by atoms with Crippen molar-refractivity contribution in [1.29, 1.82) is 0 Å². The normalized spacial score (nSPS) is 13.3. The molecule has 5 nitrogen and oxygen atoms in total. The fourth-order valence-corrected chi connectivity index (χ4v) is 3.89. The number of hydrogen-bond acceptors (Lipinski definition) is 2. The van der Waals surface area contributed by atoms with E-state index in [2.05, 4.69) is 41.8 Å². The Morgan fingerprint density at radius 2 is 1.41 bits per heavy atom. The van der Waals surface area contributed by atoms with Gasteiger partial charge >= 0.3 is 0 Å². The first-order valence-corrected chi connectivity index (χ1v) is 9.60. The zero-order chi connectivity index (χ0) is 20.0. The summed E-state index contributed by atoms with van der Waals surface area (Å²) in [6.07, 6.45) is 1.98. The van der Waals surface area contributed by atoms with Crippen LogP contribution in [-0.2, 0) is 13.2 Å². The van der Waals surface area contributed by atoms with E-state index < -0.39 is 0 Å². The maximum Gasteiger partial charge on any atom is 0.264 e. The van der Waals surface area contributed by atoms with Crippen LogP contribution in [0.2, 0.25) is 0 Å². The van der Waals surface area contributed by atoms with Crippen molar-refractivity contribution in [2.75, 3.05) is 0 Å². The van der Waals surface area contributed by atoms with E-state index in [1.54, 1.807) is 24.3 Å². The van der Waals surface area contributed by atoms with Gasteiger partial charge in [-0.3, -0.25) is 9.59 Å². The van der Waals surface area contributed by atoms with Crippen LogP contribution in [0.4, 0.5) is 0 Å². The molecule has 0 atom stereocenters. The molecule has 5 heteroatoms. The first-order valence-electron chi connectivity index (χ1n) is 9.60. The number of imidazole rings is 1. The third-order valence-electron chi connectivity index (χ3n) is 5.42.